The van der Waals surface area contributed by atoms with E-state index in [2.05, 4.69) is 35.3 Å². The zero-order valence-electron chi connectivity index (χ0n) is 9.23. The highest BCUT2D eigenvalue weighted by Gasteiger charge is 2.00. The van der Waals surface area contributed by atoms with Gasteiger partial charge in [-0.1, -0.05) is 30.3 Å². The van der Waals surface area contributed by atoms with Gasteiger partial charge < -0.3 is 0 Å². The molecule has 82 valence electrons. The lowest BCUT2D eigenvalue weighted by atomic mass is 10.0. The van der Waals surface area contributed by atoms with Gasteiger partial charge in [0.05, 0.1) is 0 Å². The molecular formula is C14H14ClN. The van der Waals surface area contributed by atoms with E-state index in [9.17, 15) is 0 Å². The molecule has 2 rings (SSSR count). The first-order valence-electron chi connectivity index (χ1n) is 5.39. The molecule has 1 aromatic heterocycles. The number of aromatic nitrogens is 1. The molecule has 1 atom stereocenters. The van der Waals surface area contributed by atoms with Crippen molar-refractivity contribution in [2.75, 3.05) is 0 Å². The average molecular weight is 232 g/mol. The lowest BCUT2D eigenvalue weighted by Gasteiger charge is -2.05. The summed E-state index contributed by atoms with van der Waals surface area (Å²) in [4.78, 5) is 4.11. The van der Waals surface area contributed by atoms with Crippen molar-refractivity contribution in [3.05, 3.63) is 54.4 Å². The number of alkyl halides is 1. The van der Waals surface area contributed by atoms with Crippen molar-refractivity contribution in [3.63, 3.8) is 0 Å². The normalized spacial score (nSPS) is 12.4. The molecule has 16 heavy (non-hydrogen) atoms. The van der Waals surface area contributed by atoms with Gasteiger partial charge in [0.25, 0.3) is 0 Å². The summed E-state index contributed by atoms with van der Waals surface area (Å²) in [6, 6.07) is 12.5. The van der Waals surface area contributed by atoms with Crippen LogP contribution in [0.3, 0.4) is 0 Å². The van der Waals surface area contributed by atoms with Gasteiger partial charge in [0.15, 0.2) is 0 Å². The Morgan fingerprint density at radius 2 is 1.88 bits per heavy atom. The largest absolute Gasteiger partial charge is 0.264 e. The molecule has 0 amide bonds. The van der Waals surface area contributed by atoms with Gasteiger partial charge in [-0.05, 0) is 36.1 Å². The third-order valence-corrected chi connectivity index (χ3v) is 2.62. The molecule has 0 spiro atoms. The van der Waals surface area contributed by atoms with Crippen LogP contribution in [-0.2, 0) is 6.42 Å². The molecule has 0 aliphatic carbocycles. The van der Waals surface area contributed by atoms with Gasteiger partial charge in [-0.2, -0.15) is 0 Å². The van der Waals surface area contributed by atoms with Crippen LogP contribution in [0, 0.1) is 0 Å². The first-order chi connectivity index (χ1) is 7.75. The first kappa shape index (κ1) is 11.2. The summed E-state index contributed by atoms with van der Waals surface area (Å²) in [6.45, 7) is 2.01. The van der Waals surface area contributed by atoms with Crippen LogP contribution >= 0.6 is 11.6 Å². The quantitative estimate of drug-likeness (QED) is 0.730. The molecule has 0 aliphatic heterocycles. The molecule has 2 aromatic rings. The molecule has 1 heterocycles. The van der Waals surface area contributed by atoms with E-state index in [1.54, 1.807) is 6.20 Å². The van der Waals surface area contributed by atoms with Crippen molar-refractivity contribution in [1.82, 2.24) is 4.98 Å². The maximum atomic E-state index is 5.96. The van der Waals surface area contributed by atoms with E-state index in [0.29, 0.717) is 0 Å². The Bertz CT molecular complexity index is 434. The number of pyridine rings is 1. The summed E-state index contributed by atoms with van der Waals surface area (Å²) in [7, 11) is 0. The van der Waals surface area contributed by atoms with E-state index in [1.807, 2.05) is 19.2 Å². The fourth-order valence-electron chi connectivity index (χ4n) is 1.69. The lowest BCUT2D eigenvalue weighted by molar-refractivity contribution is 0.932. The minimum atomic E-state index is 0.184. The predicted octanol–water partition coefficient (Wildman–Crippen LogP) is 3.92. The van der Waals surface area contributed by atoms with Gasteiger partial charge in [-0.25, -0.2) is 0 Å². The number of hydrogen-bond donors (Lipinski definition) is 0. The van der Waals surface area contributed by atoms with Crippen LogP contribution in [0.4, 0.5) is 0 Å². The topological polar surface area (TPSA) is 12.9 Å². The van der Waals surface area contributed by atoms with Gasteiger partial charge >= 0.3 is 0 Å². The maximum Gasteiger partial charge on any atom is 0.0348 e. The fraction of sp³-hybridized carbons (Fsp3) is 0.214. The average Bonchev–Trinajstić information content (AvgIpc) is 2.30. The van der Waals surface area contributed by atoms with Gasteiger partial charge in [0.2, 0.25) is 0 Å². The van der Waals surface area contributed by atoms with Crippen molar-refractivity contribution >= 4 is 11.6 Å². The molecule has 0 saturated heterocycles. The number of nitrogens with zero attached hydrogens (tertiary/aromatic N) is 1. The third-order valence-electron chi connectivity index (χ3n) is 2.47. The van der Waals surface area contributed by atoms with Crippen molar-refractivity contribution in [2.24, 2.45) is 0 Å². The zero-order chi connectivity index (χ0) is 11.4. The molecule has 0 N–H and O–H groups in total. The Labute approximate surface area is 101 Å². The summed E-state index contributed by atoms with van der Waals surface area (Å²) in [5.41, 5.74) is 3.61. The van der Waals surface area contributed by atoms with E-state index in [0.717, 1.165) is 12.0 Å². The second kappa shape index (κ2) is 5.13. The number of halogens is 1. The molecule has 1 aromatic carbocycles. The minimum Gasteiger partial charge on any atom is -0.264 e. The summed E-state index contributed by atoms with van der Waals surface area (Å²) in [5.74, 6) is 0. The molecule has 1 nitrogen and oxygen atoms in total. The standard InChI is InChI=1S/C14H14ClN/c1-11(15)9-12-4-6-13(7-5-12)14-3-2-8-16-10-14/h2-8,10-11H,9H2,1H3. The van der Waals surface area contributed by atoms with Gasteiger partial charge in [-0.3, -0.25) is 4.98 Å². The van der Waals surface area contributed by atoms with Gasteiger partial charge in [-0.15, -0.1) is 11.6 Å². The molecule has 2 heteroatoms. The molecular weight excluding hydrogens is 218 g/mol. The molecule has 0 bridgehead atoms. The van der Waals surface area contributed by atoms with Crippen molar-refractivity contribution in [1.29, 1.82) is 0 Å². The van der Waals surface area contributed by atoms with Gasteiger partial charge in [0.1, 0.15) is 0 Å². The number of rotatable bonds is 3. The molecule has 1 unspecified atom stereocenters. The van der Waals surface area contributed by atoms with E-state index in [4.69, 9.17) is 11.6 Å². The van der Waals surface area contributed by atoms with Gasteiger partial charge in [0, 0.05) is 17.8 Å². The smallest absolute Gasteiger partial charge is 0.0348 e. The van der Waals surface area contributed by atoms with E-state index >= 15 is 0 Å². The van der Waals surface area contributed by atoms with Crippen LogP contribution in [-0.4, -0.2) is 10.4 Å². The zero-order valence-corrected chi connectivity index (χ0v) is 9.98. The van der Waals surface area contributed by atoms with Crippen LogP contribution in [0.1, 0.15) is 12.5 Å². The second-order valence-corrected chi connectivity index (χ2v) is 4.67. The Hall–Kier alpha value is -1.34. The fourth-order valence-corrected chi connectivity index (χ4v) is 1.87. The van der Waals surface area contributed by atoms with Crippen LogP contribution in [0.15, 0.2) is 48.8 Å². The molecule has 0 saturated carbocycles. The van der Waals surface area contributed by atoms with E-state index < -0.39 is 0 Å². The molecule has 0 radical (unpaired) electrons. The summed E-state index contributed by atoms with van der Waals surface area (Å²) in [5, 5.41) is 0.184. The number of benzene rings is 1. The summed E-state index contributed by atoms with van der Waals surface area (Å²) >= 11 is 5.96. The number of hydrogen-bond acceptors (Lipinski definition) is 1. The predicted molar refractivity (Wildman–Crippen MR) is 68.7 cm³/mol. The Morgan fingerprint density at radius 3 is 2.44 bits per heavy atom. The highest BCUT2D eigenvalue weighted by atomic mass is 35.5. The monoisotopic (exact) mass is 231 g/mol. The summed E-state index contributed by atoms with van der Waals surface area (Å²) in [6.07, 6.45) is 4.57. The molecule has 0 aliphatic rings. The van der Waals surface area contributed by atoms with E-state index in [-0.39, 0.29) is 5.38 Å². The van der Waals surface area contributed by atoms with Crippen LogP contribution in [0.2, 0.25) is 0 Å². The van der Waals surface area contributed by atoms with Crippen LogP contribution < -0.4 is 0 Å². The summed E-state index contributed by atoms with van der Waals surface area (Å²) < 4.78 is 0. The highest BCUT2D eigenvalue weighted by molar-refractivity contribution is 6.20. The Balaban J connectivity index is 2.20. The van der Waals surface area contributed by atoms with Crippen LogP contribution in [0.5, 0.6) is 0 Å². The maximum absolute atomic E-state index is 5.96. The highest BCUT2D eigenvalue weighted by Crippen LogP contribution is 2.19. The minimum absolute atomic E-state index is 0.184. The lowest BCUT2D eigenvalue weighted by Crippen LogP contribution is -1.96. The first-order valence-corrected chi connectivity index (χ1v) is 5.83. The Kier molecular flexibility index (Phi) is 3.58. The molecule has 0 fully saturated rings. The third kappa shape index (κ3) is 2.83. The van der Waals surface area contributed by atoms with Crippen molar-refractivity contribution < 1.29 is 0 Å². The van der Waals surface area contributed by atoms with Crippen LogP contribution in [0.25, 0.3) is 11.1 Å². The van der Waals surface area contributed by atoms with E-state index in [1.165, 1.54) is 11.1 Å². The van der Waals surface area contributed by atoms with Crippen molar-refractivity contribution in [3.8, 4) is 11.1 Å². The Morgan fingerprint density at radius 1 is 1.12 bits per heavy atom. The SMILES string of the molecule is CC(Cl)Cc1ccc(-c2cccnc2)cc1. The second-order valence-electron chi connectivity index (χ2n) is 3.92. The van der Waals surface area contributed by atoms with Crippen molar-refractivity contribution in [2.45, 2.75) is 18.7 Å².